The zero-order valence-electron chi connectivity index (χ0n) is 12.2. The summed E-state index contributed by atoms with van der Waals surface area (Å²) in [5.41, 5.74) is 1.06. The topological polar surface area (TPSA) is 58.5 Å². The predicted molar refractivity (Wildman–Crippen MR) is 88.4 cm³/mol. The van der Waals surface area contributed by atoms with Crippen LogP contribution in [0.2, 0.25) is 5.32 Å². The first-order valence-corrected chi connectivity index (χ1v) is 8.94. The molecule has 2 aromatic carbocycles. The van der Waals surface area contributed by atoms with Crippen molar-refractivity contribution in [2.24, 2.45) is 4.99 Å². The Labute approximate surface area is 135 Å². The summed E-state index contributed by atoms with van der Waals surface area (Å²) in [5, 5.41) is 3.60. The zero-order chi connectivity index (χ0) is 15.8. The van der Waals surface area contributed by atoms with Crippen molar-refractivity contribution in [2.45, 2.75) is 12.2 Å². The van der Waals surface area contributed by atoms with Gasteiger partial charge in [0, 0.05) is 0 Å². The number of aliphatic imine (C=N–C) groups is 1. The maximum absolute atomic E-state index is 12.2. The molecule has 5 heteroatoms. The Morgan fingerprint density at radius 3 is 2.05 bits per heavy atom. The van der Waals surface area contributed by atoms with Crippen molar-refractivity contribution >= 4 is 31.5 Å². The molecule has 1 N–H and O–H groups in total. The van der Waals surface area contributed by atoms with Gasteiger partial charge in [0.25, 0.3) is 0 Å². The Bertz CT molecular complexity index is 670. The van der Waals surface area contributed by atoms with Gasteiger partial charge in [-0.25, -0.2) is 0 Å². The summed E-state index contributed by atoms with van der Waals surface area (Å²) >= 11 is -0.0467. The number of amides is 2. The summed E-state index contributed by atoms with van der Waals surface area (Å²) in [6.07, 6.45) is 0. The summed E-state index contributed by atoms with van der Waals surface area (Å²) in [4.78, 5) is 28.3. The Hall–Kier alpha value is -2.23. The Morgan fingerprint density at radius 2 is 1.50 bits per heavy atom. The van der Waals surface area contributed by atoms with Crippen molar-refractivity contribution in [3.05, 3.63) is 71.8 Å². The van der Waals surface area contributed by atoms with E-state index in [1.54, 1.807) is 48.5 Å². The molecule has 0 saturated heterocycles. The van der Waals surface area contributed by atoms with Crippen LogP contribution in [-0.4, -0.2) is 31.5 Å². The molecule has 0 heterocycles. The van der Waals surface area contributed by atoms with Crippen molar-refractivity contribution in [1.29, 1.82) is 0 Å². The molecular formula is C17H16N2O2Se. The minimum absolute atomic E-state index is 0.0467. The standard InChI is InChI=1S/C17H16N2O2Se/c1-2-22-17(18-15(20)13-9-5-3-6-10-13)19-16(21)14-11-7-4-8-12-14/h3-12H,2H2,1H3,(H,18,19,20,21). The van der Waals surface area contributed by atoms with Crippen molar-refractivity contribution in [3.8, 4) is 0 Å². The van der Waals surface area contributed by atoms with E-state index in [1.165, 1.54) is 0 Å². The average molecular weight is 359 g/mol. The summed E-state index contributed by atoms with van der Waals surface area (Å²) in [5.74, 6) is -0.574. The Kier molecular flexibility index (Phi) is 6.07. The van der Waals surface area contributed by atoms with E-state index in [0.29, 0.717) is 15.9 Å². The Morgan fingerprint density at radius 1 is 0.955 bits per heavy atom. The number of amidine groups is 1. The summed E-state index contributed by atoms with van der Waals surface area (Å²) in [6.45, 7) is 2.00. The molecule has 0 aromatic heterocycles. The summed E-state index contributed by atoms with van der Waals surface area (Å²) in [6, 6.07) is 17.7. The molecular weight excluding hydrogens is 343 g/mol. The molecule has 0 fully saturated rings. The second-order valence-corrected chi connectivity index (χ2v) is 6.97. The number of rotatable bonds is 4. The molecule has 22 heavy (non-hydrogen) atoms. The third-order valence-electron chi connectivity index (χ3n) is 2.76. The second kappa shape index (κ2) is 8.27. The zero-order valence-corrected chi connectivity index (χ0v) is 13.9. The number of nitrogens with zero attached hydrogens (tertiary/aromatic N) is 1. The molecule has 0 aliphatic heterocycles. The number of hydrogen-bond acceptors (Lipinski definition) is 2. The van der Waals surface area contributed by atoms with E-state index in [4.69, 9.17) is 0 Å². The van der Waals surface area contributed by atoms with Gasteiger partial charge in [-0.2, -0.15) is 0 Å². The van der Waals surface area contributed by atoms with Crippen LogP contribution in [0.15, 0.2) is 65.7 Å². The van der Waals surface area contributed by atoms with E-state index in [0.717, 1.165) is 5.32 Å². The van der Waals surface area contributed by atoms with Crippen LogP contribution in [0, 0.1) is 0 Å². The van der Waals surface area contributed by atoms with E-state index in [2.05, 4.69) is 10.3 Å². The number of nitrogens with one attached hydrogen (secondary N) is 1. The van der Waals surface area contributed by atoms with E-state index in [-0.39, 0.29) is 26.8 Å². The van der Waals surface area contributed by atoms with E-state index < -0.39 is 0 Å². The van der Waals surface area contributed by atoms with Gasteiger partial charge < -0.3 is 0 Å². The quantitative estimate of drug-likeness (QED) is 0.518. The van der Waals surface area contributed by atoms with Crippen LogP contribution in [0.5, 0.6) is 0 Å². The van der Waals surface area contributed by atoms with E-state index in [9.17, 15) is 9.59 Å². The van der Waals surface area contributed by atoms with Gasteiger partial charge in [-0.1, -0.05) is 0 Å². The van der Waals surface area contributed by atoms with Gasteiger partial charge >= 0.3 is 135 Å². The first-order chi connectivity index (χ1) is 10.7. The normalized spacial score (nSPS) is 11.0. The number of benzene rings is 2. The van der Waals surface area contributed by atoms with E-state index >= 15 is 0 Å². The average Bonchev–Trinajstić information content (AvgIpc) is 2.56. The maximum atomic E-state index is 12.2. The first kappa shape index (κ1) is 16.1. The van der Waals surface area contributed by atoms with Crippen LogP contribution < -0.4 is 5.32 Å². The molecule has 0 aliphatic carbocycles. The number of carbonyl (C=O) groups excluding carboxylic acids is 2. The van der Waals surface area contributed by atoms with Crippen molar-refractivity contribution in [2.75, 3.05) is 0 Å². The fraction of sp³-hybridized carbons (Fsp3) is 0.118. The third kappa shape index (κ3) is 4.65. The third-order valence-corrected chi connectivity index (χ3v) is 4.35. The van der Waals surface area contributed by atoms with Crippen LogP contribution in [0.1, 0.15) is 27.6 Å². The fourth-order valence-corrected chi connectivity index (χ4v) is 2.96. The molecule has 2 amide bonds. The van der Waals surface area contributed by atoms with Crippen LogP contribution >= 0.6 is 0 Å². The molecule has 112 valence electrons. The SMILES string of the molecule is CC[Se]C(=NC(=O)c1ccccc1)NC(=O)c1ccccc1. The van der Waals surface area contributed by atoms with Crippen LogP contribution in [-0.2, 0) is 0 Å². The molecule has 2 rings (SSSR count). The number of hydrogen-bond donors (Lipinski definition) is 1. The van der Waals surface area contributed by atoms with Gasteiger partial charge in [-0.05, 0) is 0 Å². The molecule has 0 aliphatic rings. The van der Waals surface area contributed by atoms with Gasteiger partial charge in [-0.15, -0.1) is 0 Å². The molecule has 0 unspecified atom stereocenters. The van der Waals surface area contributed by atoms with Gasteiger partial charge in [0.1, 0.15) is 0 Å². The second-order valence-electron chi connectivity index (χ2n) is 4.34. The Balaban J connectivity index is 2.14. The van der Waals surface area contributed by atoms with Crippen LogP contribution in [0.4, 0.5) is 0 Å². The molecule has 0 spiro atoms. The van der Waals surface area contributed by atoms with Crippen molar-refractivity contribution in [3.63, 3.8) is 0 Å². The van der Waals surface area contributed by atoms with E-state index in [1.807, 2.05) is 19.1 Å². The van der Waals surface area contributed by atoms with Crippen LogP contribution in [0.3, 0.4) is 0 Å². The molecule has 2 aromatic rings. The fourth-order valence-electron chi connectivity index (χ4n) is 1.73. The number of carbonyl (C=O) groups is 2. The molecule has 0 atom stereocenters. The minimum atomic E-state index is -0.334. The predicted octanol–water partition coefficient (Wildman–Crippen LogP) is 2.76. The summed E-state index contributed by atoms with van der Waals surface area (Å²) < 4.78 is 0.456. The van der Waals surface area contributed by atoms with Crippen molar-refractivity contribution < 1.29 is 9.59 Å². The molecule has 0 saturated carbocycles. The van der Waals surface area contributed by atoms with Gasteiger partial charge in [0.15, 0.2) is 0 Å². The summed E-state index contributed by atoms with van der Waals surface area (Å²) in [7, 11) is 0. The van der Waals surface area contributed by atoms with Crippen LogP contribution in [0.25, 0.3) is 0 Å². The monoisotopic (exact) mass is 360 g/mol. The van der Waals surface area contributed by atoms with Crippen molar-refractivity contribution in [1.82, 2.24) is 5.32 Å². The first-order valence-electron chi connectivity index (χ1n) is 6.88. The van der Waals surface area contributed by atoms with Gasteiger partial charge in [0.05, 0.1) is 0 Å². The molecule has 0 bridgehead atoms. The molecule has 4 nitrogen and oxygen atoms in total. The van der Waals surface area contributed by atoms with Gasteiger partial charge in [0.2, 0.25) is 0 Å². The van der Waals surface area contributed by atoms with Gasteiger partial charge in [-0.3, -0.25) is 0 Å². The molecule has 0 radical (unpaired) electrons.